The summed E-state index contributed by atoms with van der Waals surface area (Å²) in [6, 6.07) is 11.0. The Bertz CT molecular complexity index is 691. The van der Waals surface area contributed by atoms with Gasteiger partial charge in [-0.3, -0.25) is 9.69 Å². The minimum absolute atomic E-state index is 0.0764. The van der Waals surface area contributed by atoms with Crippen LogP contribution >= 0.6 is 0 Å². The van der Waals surface area contributed by atoms with Gasteiger partial charge in [0.05, 0.1) is 26.0 Å². The van der Waals surface area contributed by atoms with Crippen molar-refractivity contribution in [1.82, 2.24) is 10.2 Å². The Balaban J connectivity index is 1.59. The number of nitrogens with one attached hydrogen (secondary N) is 1. The number of furan rings is 1. The van der Waals surface area contributed by atoms with Gasteiger partial charge in [-0.2, -0.15) is 0 Å². The van der Waals surface area contributed by atoms with E-state index in [-0.39, 0.29) is 12.5 Å². The van der Waals surface area contributed by atoms with Gasteiger partial charge in [-0.25, -0.2) is 0 Å². The lowest BCUT2D eigenvalue weighted by Crippen LogP contribution is -2.38. The maximum absolute atomic E-state index is 12.4. The van der Waals surface area contributed by atoms with Crippen LogP contribution in [0.1, 0.15) is 28.6 Å². The molecule has 2 N–H and O–H groups in total. The van der Waals surface area contributed by atoms with Crippen molar-refractivity contribution in [3.05, 3.63) is 59.5 Å². The number of aliphatic hydroxyl groups is 1. The zero-order chi connectivity index (χ0) is 17.7. The number of morpholine rings is 1. The molecule has 1 aliphatic rings. The molecule has 0 bridgehead atoms. The minimum atomic E-state index is -1.25. The average molecular weight is 344 g/mol. The highest BCUT2D eigenvalue weighted by Gasteiger charge is 2.27. The molecule has 25 heavy (non-hydrogen) atoms. The molecule has 134 valence electrons. The zero-order valence-corrected chi connectivity index (χ0v) is 14.4. The van der Waals surface area contributed by atoms with Gasteiger partial charge in [0, 0.05) is 25.2 Å². The molecule has 1 amide bonds. The molecule has 1 atom stereocenters. The average Bonchev–Trinajstić information content (AvgIpc) is 3.16. The number of hydrogen-bond acceptors (Lipinski definition) is 5. The lowest BCUT2D eigenvalue weighted by Gasteiger charge is -2.26. The van der Waals surface area contributed by atoms with Gasteiger partial charge in [-0.05, 0) is 36.8 Å². The highest BCUT2D eigenvalue weighted by molar-refractivity contribution is 5.94. The van der Waals surface area contributed by atoms with E-state index in [1.165, 1.54) is 6.26 Å². The van der Waals surface area contributed by atoms with Crippen molar-refractivity contribution in [2.75, 3.05) is 32.8 Å². The van der Waals surface area contributed by atoms with Crippen molar-refractivity contribution in [1.29, 1.82) is 0 Å². The van der Waals surface area contributed by atoms with E-state index >= 15 is 0 Å². The quantitative estimate of drug-likeness (QED) is 0.835. The summed E-state index contributed by atoms with van der Waals surface area (Å²) in [5.74, 6) is 0.213. The minimum Gasteiger partial charge on any atom is -0.466 e. The molecule has 0 spiro atoms. The fourth-order valence-electron chi connectivity index (χ4n) is 2.85. The number of rotatable bonds is 6. The van der Waals surface area contributed by atoms with Crippen molar-refractivity contribution < 1.29 is 19.1 Å². The van der Waals surface area contributed by atoms with Crippen LogP contribution in [0.2, 0.25) is 0 Å². The molecule has 0 aliphatic carbocycles. The molecule has 0 saturated carbocycles. The van der Waals surface area contributed by atoms with Gasteiger partial charge < -0.3 is 19.6 Å². The number of nitrogens with zero attached hydrogens (tertiary/aromatic N) is 1. The van der Waals surface area contributed by atoms with E-state index < -0.39 is 5.60 Å². The van der Waals surface area contributed by atoms with Crippen LogP contribution in [0.25, 0.3) is 0 Å². The van der Waals surface area contributed by atoms with Gasteiger partial charge >= 0.3 is 0 Å². The van der Waals surface area contributed by atoms with Crippen LogP contribution in [-0.4, -0.2) is 48.8 Å². The van der Waals surface area contributed by atoms with Crippen molar-refractivity contribution in [3.63, 3.8) is 0 Å². The third-order valence-corrected chi connectivity index (χ3v) is 4.34. The maximum atomic E-state index is 12.4. The Morgan fingerprint density at radius 2 is 2.08 bits per heavy atom. The van der Waals surface area contributed by atoms with Crippen LogP contribution in [0, 0.1) is 0 Å². The van der Waals surface area contributed by atoms with Gasteiger partial charge in [0.25, 0.3) is 5.91 Å². The molecule has 1 aromatic carbocycles. The number of benzene rings is 1. The van der Waals surface area contributed by atoms with Gasteiger partial charge in [-0.15, -0.1) is 0 Å². The van der Waals surface area contributed by atoms with E-state index in [0.29, 0.717) is 11.3 Å². The summed E-state index contributed by atoms with van der Waals surface area (Å²) >= 11 is 0. The first-order valence-electron chi connectivity index (χ1n) is 8.48. The molecular formula is C19H24N2O4. The highest BCUT2D eigenvalue weighted by Crippen LogP contribution is 2.20. The predicted molar refractivity (Wildman–Crippen MR) is 93.2 cm³/mol. The van der Waals surface area contributed by atoms with E-state index in [2.05, 4.69) is 10.2 Å². The summed E-state index contributed by atoms with van der Waals surface area (Å²) < 4.78 is 10.6. The molecule has 0 radical (unpaired) electrons. The van der Waals surface area contributed by atoms with Crippen molar-refractivity contribution >= 4 is 5.91 Å². The SMILES string of the molecule is CC(O)(CNC(=O)c1cccc(CN2CCOCC2)c1)c1ccco1. The lowest BCUT2D eigenvalue weighted by molar-refractivity contribution is 0.0329. The standard InChI is InChI=1S/C19H24N2O4/c1-19(23,17-6-3-9-25-17)14-20-18(22)16-5-2-4-15(12-16)13-21-7-10-24-11-8-21/h2-6,9,12,23H,7-8,10-11,13-14H2,1H3,(H,20,22). The highest BCUT2D eigenvalue weighted by atomic mass is 16.5. The topological polar surface area (TPSA) is 74.9 Å². The Labute approximate surface area is 147 Å². The van der Waals surface area contributed by atoms with Gasteiger partial charge in [0.15, 0.2) is 0 Å². The number of carbonyl (C=O) groups excluding carboxylic acids is 1. The van der Waals surface area contributed by atoms with Crippen LogP contribution in [-0.2, 0) is 16.9 Å². The molecular weight excluding hydrogens is 320 g/mol. The van der Waals surface area contributed by atoms with Crippen LogP contribution in [0.4, 0.5) is 0 Å². The summed E-state index contributed by atoms with van der Waals surface area (Å²) in [4.78, 5) is 14.7. The Kier molecular flexibility index (Phi) is 5.53. The van der Waals surface area contributed by atoms with E-state index in [4.69, 9.17) is 9.15 Å². The largest absolute Gasteiger partial charge is 0.466 e. The van der Waals surface area contributed by atoms with E-state index in [1.54, 1.807) is 25.1 Å². The van der Waals surface area contributed by atoms with Gasteiger partial charge in [-0.1, -0.05) is 12.1 Å². The summed E-state index contributed by atoms with van der Waals surface area (Å²) in [6.07, 6.45) is 1.50. The molecule has 2 aromatic rings. The van der Waals surface area contributed by atoms with Crippen molar-refractivity contribution in [2.45, 2.75) is 19.1 Å². The summed E-state index contributed by atoms with van der Waals surface area (Å²) in [5.41, 5.74) is 0.429. The smallest absolute Gasteiger partial charge is 0.251 e. The molecule has 3 rings (SSSR count). The molecule has 1 aliphatic heterocycles. The second kappa shape index (κ2) is 7.82. The molecule has 6 nitrogen and oxygen atoms in total. The van der Waals surface area contributed by atoms with Crippen LogP contribution in [0.5, 0.6) is 0 Å². The normalized spacial score (nSPS) is 17.8. The third kappa shape index (κ3) is 4.69. The second-order valence-corrected chi connectivity index (χ2v) is 6.52. The fraction of sp³-hybridized carbons (Fsp3) is 0.421. The molecule has 2 heterocycles. The Morgan fingerprint density at radius 1 is 1.28 bits per heavy atom. The molecule has 1 unspecified atom stereocenters. The number of ether oxygens (including phenoxy) is 1. The number of amides is 1. The lowest BCUT2D eigenvalue weighted by atomic mass is 10.0. The molecule has 1 saturated heterocycles. The second-order valence-electron chi connectivity index (χ2n) is 6.52. The third-order valence-electron chi connectivity index (χ3n) is 4.34. The van der Waals surface area contributed by atoms with Crippen LogP contribution in [0.15, 0.2) is 47.1 Å². The van der Waals surface area contributed by atoms with E-state index in [1.807, 2.05) is 18.2 Å². The van der Waals surface area contributed by atoms with E-state index in [9.17, 15) is 9.90 Å². The van der Waals surface area contributed by atoms with Crippen LogP contribution in [0.3, 0.4) is 0 Å². The van der Waals surface area contributed by atoms with Gasteiger partial charge in [0.1, 0.15) is 11.4 Å². The summed E-state index contributed by atoms with van der Waals surface area (Å²) in [6.45, 7) is 5.80. The Morgan fingerprint density at radius 3 is 2.80 bits per heavy atom. The summed E-state index contributed by atoms with van der Waals surface area (Å²) in [7, 11) is 0. The first-order valence-corrected chi connectivity index (χ1v) is 8.48. The first kappa shape index (κ1) is 17.7. The maximum Gasteiger partial charge on any atom is 0.251 e. The first-order chi connectivity index (χ1) is 12.0. The molecule has 1 fully saturated rings. The van der Waals surface area contributed by atoms with Crippen molar-refractivity contribution in [3.8, 4) is 0 Å². The molecule has 1 aromatic heterocycles. The molecule has 6 heteroatoms. The van der Waals surface area contributed by atoms with Gasteiger partial charge in [0.2, 0.25) is 0 Å². The fourth-order valence-corrected chi connectivity index (χ4v) is 2.85. The van der Waals surface area contributed by atoms with Crippen molar-refractivity contribution in [2.24, 2.45) is 0 Å². The predicted octanol–water partition coefficient (Wildman–Crippen LogP) is 1.75. The monoisotopic (exact) mass is 344 g/mol. The zero-order valence-electron chi connectivity index (χ0n) is 14.4. The summed E-state index contributed by atoms with van der Waals surface area (Å²) in [5, 5.41) is 13.2. The van der Waals surface area contributed by atoms with E-state index in [0.717, 1.165) is 38.4 Å². The number of carbonyl (C=O) groups is 1. The Hall–Kier alpha value is -2.15. The number of hydrogen-bond donors (Lipinski definition) is 2. The van der Waals surface area contributed by atoms with Crippen LogP contribution < -0.4 is 5.32 Å².